The molecule has 0 saturated carbocycles. The quantitative estimate of drug-likeness (QED) is 0.754. The van der Waals surface area contributed by atoms with Crippen LogP contribution in [0.2, 0.25) is 5.02 Å². The van der Waals surface area contributed by atoms with Crippen LogP contribution in [-0.4, -0.2) is 11.7 Å². The van der Waals surface area contributed by atoms with Gasteiger partial charge >= 0.3 is 0 Å². The van der Waals surface area contributed by atoms with Crippen LogP contribution in [0.5, 0.6) is 5.75 Å². The molecule has 0 radical (unpaired) electrons. The summed E-state index contributed by atoms with van der Waals surface area (Å²) in [6.45, 7) is 1.82. The standard InChI is InChI=1S/C9H10ClF2NO/c1-4(3-13)5-2-6(10)9(14)8(12)7(5)11/h2,4,14H,3,13H2,1H3. The van der Waals surface area contributed by atoms with Gasteiger partial charge in [-0.2, -0.15) is 4.39 Å². The van der Waals surface area contributed by atoms with E-state index in [0.717, 1.165) is 0 Å². The van der Waals surface area contributed by atoms with Gasteiger partial charge in [-0.15, -0.1) is 0 Å². The van der Waals surface area contributed by atoms with Gasteiger partial charge in [-0.05, 0) is 24.1 Å². The molecule has 0 saturated heterocycles. The Balaban J connectivity index is 3.33. The average Bonchev–Trinajstić information content (AvgIpc) is 2.19. The van der Waals surface area contributed by atoms with E-state index in [2.05, 4.69) is 0 Å². The van der Waals surface area contributed by atoms with E-state index in [0.29, 0.717) is 0 Å². The molecule has 1 aromatic rings. The van der Waals surface area contributed by atoms with Crippen molar-refractivity contribution < 1.29 is 13.9 Å². The molecular formula is C9H10ClF2NO. The number of benzene rings is 1. The Labute approximate surface area is 85.3 Å². The Kier molecular flexibility index (Phi) is 3.29. The molecule has 0 spiro atoms. The van der Waals surface area contributed by atoms with Crippen LogP contribution in [0.25, 0.3) is 0 Å². The van der Waals surface area contributed by atoms with Gasteiger partial charge in [0.05, 0.1) is 5.02 Å². The largest absolute Gasteiger partial charge is 0.504 e. The van der Waals surface area contributed by atoms with Crippen LogP contribution in [0.1, 0.15) is 18.4 Å². The van der Waals surface area contributed by atoms with Crippen molar-refractivity contribution in [1.29, 1.82) is 0 Å². The van der Waals surface area contributed by atoms with Crippen LogP contribution in [0.3, 0.4) is 0 Å². The molecule has 1 rings (SSSR count). The smallest absolute Gasteiger partial charge is 0.202 e. The summed E-state index contributed by atoms with van der Waals surface area (Å²) in [5.74, 6) is -3.63. The third-order valence-corrected chi connectivity index (χ3v) is 2.34. The number of phenolic OH excluding ortho intramolecular Hbond substituents is 1. The molecule has 0 aliphatic carbocycles. The number of rotatable bonds is 2. The number of aromatic hydroxyl groups is 1. The van der Waals surface area contributed by atoms with E-state index in [9.17, 15) is 8.78 Å². The second-order valence-electron chi connectivity index (χ2n) is 3.06. The van der Waals surface area contributed by atoms with Gasteiger partial charge in [-0.1, -0.05) is 18.5 Å². The van der Waals surface area contributed by atoms with Gasteiger partial charge in [-0.3, -0.25) is 0 Å². The molecule has 78 valence electrons. The van der Waals surface area contributed by atoms with Gasteiger partial charge in [0.25, 0.3) is 0 Å². The summed E-state index contributed by atoms with van der Waals surface area (Å²) in [7, 11) is 0. The summed E-state index contributed by atoms with van der Waals surface area (Å²) in [5.41, 5.74) is 5.39. The molecule has 2 nitrogen and oxygen atoms in total. The SMILES string of the molecule is CC(CN)c1cc(Cl)c(O)c(F)c1F. The summed E-state index contributed by atoms with van der Waals surface area (Å²) in [6.07, 6.45) is 0. The summed E-state index contributed by atoms with van der Waals surface area (Å²) >= 11 is 5.49. The van der Waals surface area contributed by atoms with E-state index >= 15 is 0 Å². The van der Waals surface area contributed by atoms with Crippen molar-refractivity contribution in [3.8, 4) is 5.75 Å². The molecule has 0 aromatic heterocycles. The van der Waals surface area contributed by atoms with E-state index in [1.54, 1.807) is 6.92 Å². The maximum Gasteiger partial charge on any atom is 0.202 e. The number of hydrogen-bond acceptors (Lipinski definition) is 2. The highest BCUT2D eigenvalue weighted by molar-refractivity contribution is 6.32. The molecule has 1 atom stereocenters. The maximum absolute atomic E-state index is 13.2. The average molecular weight is 222 g/mol. The summed E-state index contributed by atoms with van der Waals surface area (Å²) in [4.78, 5) is 0. The fourth-order valence-corrected chi connectivity index (χ4v) is 1.29. The van der Waals surface area contributed by atoms with Gasteiger partial charge in [0.15, 0.2) is 11.6 Å². The second-order valence-corrected chi connectivity index (χ2v) is 3.47. The third kappa shape index (κ3) is 1.81. The third-order valence-electron chi connectivity index (χ3n) is 2.05. The Morgan fingerprint density at radius 2 is 2.07 bits per heavy atom. The molecular weight excluding hydrogens is 212 g/mol. The highest BCUT2D eigenvalue weighted by Gasteiger charge is 2.19. The zero-order valence-electron chi connectivity index (χ0n) is 7.52. The van der Waals surface area contributed by atoms with Crippen molar-refractivity contribution in [2.24, 2.45) is 5.73 Å². The van der Waals surface area contributed by atoms with E-state index in [4.69, 9.17) is 22.4 Å². The van der Waals surface area contributed by atoms with Gasteiger partial charge < -0.3 is 10.8 Å². The monoisotopic (exact) mass is 221 g/mol. The number of nitrogens with two attached hydrogens (primary N) is 1. The first-order valence-corrected chi connectivity index (χ1v) is 4.43. The minimum Gasteiger partial charge on any atom is -0.504 e. The Bertz CT molecular complexity index is 357. The van der Waals surface area contributed by atoms with E-state index in [-0.39, 0.29) is 23.0 Å². The van der Waals surface area contributed by atoms with Gasteiger partial charge in [0.1, 0.15) is 0 Å². The molecule has 0 fully saturated rings. The Morgan fingerprint density at radius 1 is 1.50 bits per heavy atom. The Morgan fingerprint density at radius 3 is 2.57 bits per heavy atom. The fraction of sp³-hybridized carbons (Fsp3) is 0.333. The van der Waals surface area contributed by atoms with Crippen LogP contribution < -0.4 is 5.73 Å². The lowest BCUT2D eigenvalue weighted by molar-refractivity contribution is 0.402. The summed E-state index contributed by atoms with van der Waals surface area (Å²) in [6, 6.07) is 1.19. The molecule has 1 unspecified atom stereocenters. The lowest BCUT2D eigenvalue weighted by Crippen LogP contribution is -2.11. The molecule has 1 aromatic carbocycles. The molecule has 0 amide bonds. The van der Waals surface area contributed by atoms with Crippen molar-refractivity contribution >= 4 is 11.6 Å². The summed E-state index contributed by atoms with van der Waals surface area (Å²) < 4.78 is 26.2. The lowest BCUT2D eigenvalue weighted by Gasteiger charge is -2.12. The van der Waals surface area contributed by atoms with Crippen molar-refractivity contribution in [2.45, 2.75) is 12.8 Å². The maximum atomic E-state index is 13.2. The molecule has 0 bridgehead atoms. The zero-order valence-corrected chi connectivity index (χ0v) is 8.28. The minimum atomic E-state index is -1.33. The molecule has 5 heteroatoms. The van der Waals surface area contributed by atoms with Crippen LogP contribution in [0, 0.1) is 11.6 Å². The topological polar surface area (TPSA) is 46.2 Å². The molecule has 0 heterocycles. The predicted octanol–water partition coefficient (Wildman–Crippen LogP) is 2.39. The number of halogens is 3. The van der Waals surface area contributed by atoms with Crippen molar-refractivity contribution in [2.75, 3.05) is 6.54 Å². The highest BCUT2D eigenvalue weighted by atomic mass is 35.5. The van der Waals surface area contributed by atoms with Crippen molar-refractivity contribution in [3.05, 3.63) is 28.3 Å². The normalized spacial score (nSPS) is 12.9. The molecule has 0 aliphatic heterocycles. The molecule has 14 heavy (non-hydrogen) atoms. The van der Waals surface area contributed by atoms with Crippen molar-refractivity contribution in [1.82, 2.24) is 0 Å². The van der Waals surface area contributed by atoms with E-state index in [1.807, 2.05) is 0 Å². The lowest BCUT2D eigenvalue weighted by atomic mass is 10.0. The number of phenols is 1. The second kappa shape index (κ2) is 4.11. The minimum absolute atomic E-state index is 0.0767. The summed E-state index contributed by atoms with van der Waals surface area (Å²) in [5, 5.41) is 8.78. The van der Waals surface area contributed by atoms with Crippen LogP contribution >= 0.6 is 11.6 Å². The van der Waals surface area contributed by atoms with E-state index in [1.165, 1.54) is 6.07 Å². The van der Waals surface area contributed by atoms with Crippen LogP contribution in [-0.2, 0) is 0 Å². The zero-order chi connectivity index (χ0) is 10.9. The number of hydrogen-bond donors (Lipinski definition) is 2. The highest BCUT2D eigenvalue weighted by Crippen LogP contribution is 2.33. The van der Waals surface area contributed by atoms with E-state index < -0.39 is 17.4 Å². The van der Waals surface area contributed by atoms with Crippen molar-refractivity contribution in [3.63, 3.8) is 0 Å². The van der Waals surface area contributed by atoms with Gasteiger partial charge in [0.2, 0.25) is 5.82 Å². The fourth-order valence-electron chi connectivity index (χ4n) is 1.09. The first-order valence-electron chi connectivity index (χ1n) is 4.05. The molecule has 0 aliphatic rings. The first-order chi connectivity index (χ1) is 6.49. The van der Waals surface area contributed by atoms with Gasteiger partial charge in [-0.25, -0.2) is 4.39 Å². The van der Waals surface area contributed by atoms with Gasteiger partial charge in [0, 0.05) is 0 Å². The first kappa shape index (κ1) is 11.2. The molecule has 3 N–H and O–H groups in total. The Hall–Kier alpha value is -0.870. The van der Waals surface area contributed by atoms with Crippen LogP contribution in [0.4, 0.5) is 8.78 Å². The van der Waals surface area contributed by atoms with Crippen LogP contribution in [0.15, 0.2) is 6.07 Å². The predicted molar refractivity (Wildman–Crippen MR) is 50.5 cm³/mol.